The summed E-state index contributed by atoms with van der Waals surface area (Å²) >= 11 is 0. The van der Waals surface area contributed by atoms with Crippen LogP contribution in [0.5, 0.6) is 5.75 Å². The largest absolute Gasteiger partial charge is 0.493 e. The number of rotatable bonds is 9. The van der Waals surface area contributed by atoms with Crippen LogP contribution in [0.4, 0.5) is 13.2 Å². The number of hydrogen-bond acceptors (Lipinski definition) is 3. The van der Waals surface area contributed by atoms with Gasteiger partial charge >= 0.3 is 6.18 Å². The van der Waals surface area contributed by atoms with E-state index in [-0.39, 0.29) is 18.5 Å². The molecular weight excluding hydrogens is 381 g/mol. The predicted octanol–water partition coefficient (Wildman–Crippen LogP) is 5.53. The molecule has 4 nitrogen and oxygen atoms in total. The van der Waals surface area contributed by atoms with Crippen molar-refractivity contribution in [2.24, 2.45) is 0 Å². The van der Waals surface area contributed by atoms with Gasteiger partial charge in [-0.05, 0) is 23.4 Å². The van der Waals surface area contributed by atoms with Crippen molar-refractivity contribution in [2.75, 3.05) is 13.2 Å². The molecule has 1 saturated heterocycles. The Bertz CT molecular complexity index is 838. The summed E-state index contributed by atoms with van der Waals surface area (Å²) in [6.45, 7) is 2.72. The lowest BCUT2D eigenvalue weighted by molar-refractivity contribution is -0.190. The van der Waals surface area contributed by atoms with Crippen LogP contribution in [0.2, 0.25) is 0 Å². The lowest BCUT2D eigenvalue weighted by Gasteiger charge is -2.30. The van der Waals surface area contributed by atoms with E-state index in [0.29, 0.717) is 23.1 Å². The van der Waals surface area contributed by atoms with E-state index in [0.717, 1.165) is 24.3 Å². The van der Waals surface area contributed by atoms with E-state index in [1.165, 1.54) is 18.9 Å². The number of nitrogens with zero attached hydrogens (tertiary/aromatic N) is 1. The fourth-order valence-electron chi connectivity index (χ4n) is 3.76. The first-order valence-electron chi connectivity index (χ1n) is 10.2. The van der Waals surface area contributed by atoms with Crippen LogP contribution in [-0.2, 0) is 4.79 Å². The average molecular weight is 408 g/mol. The van der Waals surface area contributed by atoms with Crippen molar-refractivity contribution < 1.29 is 22.7 Å². The molecule has 0 aromatic heterocycles. The van der Waals surface area contributed by atoms with Gasteiger partial charge in [-0.1, -0.05) is 62.9 Å². The Kier molecular flexibility index (Phi) is 7.00. The maximum atomic E-state index is 13.9. The number of benzene rings is 2. The van der Waals surface area contributed by atoms with Gasteiger partial charge in [-0.2, -0.15) is 13.2 Å². The van der Waals surface area contributed by atoms with Crippen LogP contribution in [0, 0.1) is 0 Å². The second-order valence-corrected chi connectivity index (χ2v) is 7.38. The van der Waals surface area contributed by atoms with Gasteiger partial charge in [0.2, 0.25) is 5.91 Å². The van der Waals surface area contributed by atoms with E-state index < -0.39 is 18.1 Å². The number of fused-ring (bicyclic) bond motifs is 1. The first kappa shape index (κ1) is 21.4. The molecule has 1 aliphatic rings. The highest BCUT2D eigenvalue weighted by molar-refractivity contribution is 5.91. The fourth-order valence-corrected chi connectivity index (χ4v) is 3.76. The van der Waals surface area contributed by atoms with Gasteiger partial charge in [-0.25, -0.2) is 5.01 Å². The molecule has 2 aromatic rings. The summed E-state index contributed by atoms with van der Waals surface area (Å²) < 4.78 is 47.7. The Morgan fingerprint density at radius 1 is 1.07 bits per heavy atom. The summed E-state index contributed by atoms with van der Waals surface area (Å²) in [7, 11) is 0. The van der Waals surface area contributed by atoms with E-state index in [9.17, 15) is 18.0 Å². The van der Waals surface area contributed by atoms with Crippen LogP contribution in [-0.4, -0.2) is 30.2 Å². The third kappa shape index (κ3) is 5.21. The van der Waals surface area contributed by atoms with Gasteiger partial charge in [0.05, 0.1) is 6.61 Å². The standard InChI is InChI=1S/C22H27F3N2O2/c1-2-3-4-5-8-15-29-19-12-11-18(16-9-6-7-10-17(16)19)21(22(23,24)25)27-14-13-20(28)26-27/h6-7,9-12,21H,2-5,8,13-15H2,1H3,(H,26,28)/t21-/m0/s1. The minimum absolute atomic E-state index is 0.0212. The van der Waals surface area contributed by atoms with Crippen molar-refractivity contribution in [3.05, 3.63) is 42.0 Å². The Balaban J connectivity index is 1.86. The number of carbonyl (C=O) groups excluding carboxylic acids is 1. The van der Waals surface area contributed by atoms with Crippen molar-refractivity contribution in [1.29, 1.82) is 0 Å². The second-order valence-electron chi connectivity index (χ2n) is 7.38. The first-order chi connectivity index (χ1) is 13.9. The van der Waals surface area contributed by atoms with Gasteiger partial charge in [0, 0.05) is 18.4 Å². The zero-order valence-electron chi connectivity index (χ0n) is 16.6. The average Bonchev–Trinajstić information content (AvgIpc) is 3.10. The molecule has 1 atom stereocenters. The summed E-state index contributed by atoms with van der Waals surface area (Å²) in [5.41, 5.74) is 2.46. The Morgan fingerprint density at radius 2 is 1.79 bits per heavy atom. The van der Waals surface area contributed by atoms with Crippen molar-refractivity contribution >= 4 is 16.7 Å². The molecule has 0 spiro atoms. The highest BCUT2D eigenvalue weighted by Crippen LogP contribution is 2.42. The SMILES string of the molecule is CCCCCCCOc1ccc([C@H](N2CCC(=O)N2)C(F)(F)F)c2ccccc12. The summed E-state index contributed by atoms with van der Waals surface area (Å²) in [4.78, 5) is 11.5. The normalized spacial score (nSPS) is 16.2. The van der Waals surface area contributed by atoms with Crippen LogP contribution in [0.3, 0.4) is 0 Å². The van der Waals surface area contributed by atoms with Crippen molar-refractivity contribution in [3.8, 4) is 5.75 Å². The zero-order valence-corrected chi connectivity index (χ0v) is 16.6. The number of hydrogen-bond donors (Lipinski definition) is 1. The molecule has 1 aliphatic heterocycles. The molecule has 1 N–H and O–H groups in total. The van der Waals surface area contributed by atoms with Gasteiger partial charge < -0.3 is 4.74 Å². The molecule has 1 amide bonds. The van der Waals surface area contributed by atoms with E-state index in [4.69, 9.17) is 4.74 Å². The quantitative estimate of drug-likeness (QED) is 0.555. The Morgan fingerprint density at radius 3 is 2.45 bits per heavy atom. The fraction of sp³-hybridized carbons (Fsp3) is 0.500. The number of alkyl halides is 3. The van der Waals surface area contributed by atoms with Gasteiger partial charge in [0.15, 0.2) is 6.04 Å². The second kappa shape index (κ2) is 9.48. The third-order valence-electron chi connectivity index (χ3n) is 5.19. The molecule has 7 heteroatoms. The molecule has 0 radical (unpaired) electrons. The van der Waals surface area contributed by atoms with Crippen LogP contribution in [0.15, 0.2) is 36.4 Å². The Hall–Kier alpha value is -2.28. The van der Waals surface area contributed by atoms with E-state index >= 15 is 0 Å². The number of carbonyl (C=O) groups is 1. The molecule has 0 bridgehead atoms. The number of unbranched alkanes of at least 4 members (excludes halogenated alkanes) is 4. The topological polar surface area (TPSA) is 41.6 Å². The van der Waals surface area contributed by atoms with Crippen LogP contribution in [0.1, 0.15) is 57.1 Å². The van der Waals surface area contributed by atoms with Crippen molar-refractivity contribution in [2.45, 2.75) is 57.7 Å². The van der Waals surface area contributed by atoms with Crippen LogP contribution in [0.25, 0.3) is 10.8 Å². The summed E-state index contributed by atoms with van der Waals surface area (Å²) in [6.07, 6.45) is 1.06. The number of amides is 1. The van der Waals surface area contributed by atoms with E-state index in [1.54, 1.807) is 30.3 Å². The predicted molar refractivity (Wildman–Crippen MR) is 106 cm³/mol. The van der Waals surface area contributed by atoms with E-state index in [1.807, 2.05) is 0 Å². The van der Waals surface area contributed by atoms with E-state index in [2.05, 4.69) is 12.3 Å². The maximum absolute atomic E-state index is 13.9. The summed E-state index contributed by atoms with van der Waals surface area (Å²) in [5.74, 6) is 0.192. The number of hydrazine groups is 1. The Labute approximate surface area is 169 Å². The summed E-state index contributed by atoms with van der Waals surface area (Å²) in [6, 6.07) is 8.15. The highest BCUT2D eigenvalue weighted by Gasteiger charge is 2.47. The van der Waals surface area contributed by atoms with Gasteiger partial charge in [0.1, 0.15) is 5.75 Å². The maximum Gasteiger partial charge on any atom is 0.409 e. The molecule has 0 unspecified atom stereocenters. The number of nitrogens with one attached hydrogen (secondary N) is 1. The van der Waals surface area contributed by atoms with Crippen LogP contribution >= 0.6 is 0 Å². The molecule has 2 aromatic carbocycles. The molecular formula is C22H27F3N2O2. The lowest BCUT2D eigenvalue weighted by atomic mass is 9.97. The lowest BCUT2D eigenvalue weighted by Crippen LogP contribution is -2.43. The molecule has 1 heterocycles. The molecule has 158 valence electrons. The summed E-state index contributed by atoms with van der Waals surface area (Å²) in [5, 5.41) is 2.12. The monoisotopic (exact) mass is 408 g/mol. The third-order valence-corrected chi connectivity index (χ3v) is 5.19. The van der Waals surface area contributed by atoms with Crippen molar-refractivity contribution in [3.63, 3.8) is 0 Å². The number of ether oxygens (including phenoxy) is 1. The molecule has 0 saturated carbocycles. The molecule has 0 aliphatic carbocycles. The van der Waals surface area contributed by atoms with Crippen molar-refractivity contribution in [1.82, 2.24) is 10.4 Å². The highest BCUT2D eigenvalue weighted by atomic mass is 19.4. The minimum atomic E-state index is -4.53. The smallest absolute Gasteiger partial charge is 0.409 e. The minimum Gasteiger partial charge on any atom is -0.493 e. The van der Waals surface area contributed by atoms with Crippen LogP contribution < -0.4 is 10.2 Å². The molecule has 29 heavy (non-hydrogen) atoms. The first-order valence-corrected chi connectivity index (χ1v) is 10.2. The van der Waals surface area contributed by atoms with Gasteiger partial charge in [0.25, 0.3) is 0 Å². The van der Waals surface area contributed by atoms with Gasteiger partial charge in [-0.3, -0.25) is 10.2 Å². The molecule has 3 rings (SSSR count). The van der Waals surface area contributed by atoms with Gasteiger partial charge in [-0.15, -0.1) is 0 Å². The number of halogens is 3. The zero-order chi connectivity index (χ0) is 20.9. The molecule has 1 fully saturated rings.